The number of likely N-dealkylation sites (tertiary alicyclic amines) is 1. The van der Waals surface area contributed by atoms with E-state index in [2.05, 4.69) is 12.6 Å². The Kier molecular flexibility index (Phi) is 3.27. The lowest BCUT2D eigenvalue weighted by molar-refractivity contribution is 0.0752. The Morgan fingerprint density at radius 1 is 1.37 bits per heavy atom. The summed E-state index contributed by atoms with van der Waals surface area (Å²) in [7, 11) is 0. The van der Waals surface area contributed by atoms with Gasteiger partial charge in [0.05, 0.1) is 6.10 Å². The van der Waals surface area contributed by atoms with Gasteiger partial charge in [0.1, 0.15) is 5.82 Å². The van der Waals surface area contributed by atoms with Crippen LogP contribution in [0.5, 0.6) is 0 Å². The van der Waals surface area contributed by atoms with Gasteiger partial charge in [-0.05, 0) is 37.0 Å². The van der Waals surface area contributed by atoms with Gasteiger partial charge in [0.25, 0.3) is 5.91 Å². The smallest absolute Gasteiger partial charge is 0.253 e. The summed E-state index contributed by atoms with van der Waals surface area (Å²) in [5.74, 6) is 0.0974. The number of nitrogens with zero attached hydrogens (tertiary/aromatic N) is 1. The van der Waals surface area contributed by atoms with E-state index in [0.717, 1.165) is 12.8 Å². The lowest BCUT2D eigenvalue weighted by Crippen LogP contribution is -2.31. The summed E-state index contributed by atoms with van der Waals surface area (Å²) in [6.45, 7) is 1.30. The van der Waals surface area contributed by atoms with Crippen LogP contribution < -0.4 is 0 Å². The number of hydrogen-bond donors (Lipinski definition) is 2. The molecular formula is C14H16FNO2S. The molecule has 5 heteroatoms. The molecule has 2 fully saturated rings. The van der Waals surface area contributed by atoms with Crippen LogP contribution in [-0.4, -0.2) is 35.1 Å². The number of fused-ring (bicyclic) bond motifs is 1. The highest BCUT2D eigenvalue weighted by atomic mass is 32.1. The molecule has 2 aliphatic rings. The molecule has 0 bridgehead atoms. The Bertz CT molecular complexity index is 522. The minimum absolute atomic E-state index is 0.100. The number of hydrogen-bond acceptors (Lipinski definition) is 3. The maximum atomic E-state index is 13.1. The zero-order chi connectivity index (χ0) is 13.6. The summed E-state index contributed by atoms with van der Waals surface area (Å²) in [4.78, 5) is 14.3. The topological polar surface area (TPSA) is 40.5 Å². The molecule has 1 aromatic carbocycles. The normalized spacial score (nSPS) is 29.6. The van der Waals surface area contributed by atoms with Crippen molar-refractivity contribution in [3.63, 3.8) is 0 Å². The Labute approximate surface area is 116 Å². The van der Waals surface area contributed by atoms with Crippen LogP contribution in [0, 0.1) is 17.7 Å². The molecular weight excluding hydrogens is 265 g/mol. The van der Waals surface area contributed by atoms with E-state index >= 15 is 0 Å². The highest BCUT2D eigenvalue weighted by molar-refractivity contribution is 7.80. The average molecular weight is 281 g/mol. The van der Waals surface area contributed by atoms with Gasteiger partial charge in [0, 0.05) is 29.5 Å². The zero-order valence-corrected chi connectivity index (χ0v) is 11.3. The molecule has 3 unspecified atom stereocenters. The molecule has 1 saturated carbocycles. The van der Waals surface area contributed by atoms with Gasteiger partial charge in [0.15, 0.2) is 0 Å². The second-order valence-electron chi connectivity index (χ2n) is 5.44. The van der Waals surface area contributed by atoms with Crippen molar-refractivity contribution >= 4 is 18.5 Å². The maximum Gasteiger partial charge on any atom is 0.253 e. The van der Waals surface area contributed by atoms with Gasteiger partial charge in [0.2, 0.25) is 0 Å². The van der Waals surface area contributed by atoms with E-state index in [1.807, 2.05) is 0 Å². The van der Waals surface area contributed by atoms with Gasteiger partial charge < -0.3 is 10.0 Å². The number of amides is 1. The van der Waals surface area contributed by atoms with Gasteiger partial charge in [-0.1, -0.05) is 0 Å². The number of aliphatic hydroxyl groups is 1. The number of aliphatic hydroxyl groups excluding tert-OH is 1. The Morgan fingerprint density at radius 3 is 2.84 bits per heavy atom. The largest absolute Gasteiger partial charge is 0.393 e. The second kappa shape index (κ2) is 4.80. The summed E-state index contributed by atoms with van der Waals surface area (Å²) >= 11 is 4.00. The van der Waals surface area contributed by atoms with Crippen LogP contribution in [0.15, 0.2) is 23.1 Å². The number of thiol groups is 1. The van der Waals surface area contributed by atoms with Crippen molar-refractivity contribution in [2.45, 2.75) is 23.8 Å². The standard InChI is InChI=1S/C14H16FNO2S/c15-11-3-1-8(5-13(11)19)14(18)16-6-9-2-4-12(17)10(9)7-16/h1,3,5,9-10,12,17,19H,2,4,6-7H2. The Balaban J connectivity index is 1.76. The first-order valence-electron chi connectivity index (χ1n) is 6.52. The van der Waals surface area contributed by atoms with Gasteiger partial charge in [-0.15, -0.1) is 12.6 Å². The van der Waals surface area contributed by atoms with Crippen molar-refractivity contribution in [1.29, 1.82) is 0 Å². The number of carbonyl (C=O) groups excluding carboxylic acids is 1. The fourth-order valence-corrected chi connectivity index (χ4v) is 3.44. The van der Waals surface area contributed by atoms with Gasteiger partial charge in [-0.3, -0.25) is 4.79 Å². The molecule has 1 saturated heterocycles. The van der Waals surface area contributed by atoms with Crippen LogP contribution in [0.2, 0.25) is 0 Å². The second-order valence-corrected chi connectivity index (χ2v) is 5.93. The molecule has 1 aliphatic carbocycles. The third-order valence-electron chi connectivity index (χ3n) is 4.30. The third kappa shape index (κ3) is 2.25. The molecule has 1 heterocycles. The van der Waals surface area contributed by atoms with Gasteiger partial charge in [-0.25, -0.2) is 4.39 Å². The van der Waals surface area contributed by atoms with Crippen molar-refractivity contribution in [2.75, 3.05) is 13.1 Å². The Morgan fingerprint density at radius 2 is 2.16 bits per heavy atom. The monoisotopic (exact) mass is 281 g/mol. The molecule has 1 amide bonds. The molecule has 3 nitrogen and oxygen atoms in total. The minimum Gasteiger partial charge on any atom is -0.393 e. The van der Waals surface area contributed by atoms with Crippen LogP contribution in [0.1, 0.15) is 23.2 Å². The van der Waals surface area contributed by atoms with Gasteiger partial charge >= 0.3 is 0 Å². The molecule has 1 aromatic rings. The molecule has 19 heavy (non-hydrogen) atoms. The summed E-state index contributed by atoms with van der Waals surface area (Å²) in [5, 5.41) is 9.85. The van der Waals surface area contributed by atoms with E-state index in [1.54, 1.807) is 4.90 Å². The quantitative estimate of drug-likeness (QED) is 0.773. The van der Waals surface area contributed by atoms with E-state index in [1.165, 1.54) is 18.2 Å². The average Bonchev–Trinajstić information content (AvgIpc) is 2.95. The van der Waals surface area contributed by atoms with Gasteiger partial charge in [-0.2, -0.15) is 0 Å². The van der Waals surface area contributed by atoms with E-state index in [-0.39, 0.29) is 22.8 Å². The molecule has 1 N–H and O–H groups in total. The third-order valence-corrected chi connectivity index (χ3v) is 4.64. The fourth-order valence-electron chi connectivity index (χ4n) is 3.23. The zero-order valence-electron chi connectivity index (χ0n) is 10.4. The summed E-state index contributed by atoms with van der Waals surface area (Å²) in [6, 6.07) is 4.22. The predicted octanol–water partition coefficient (Wildman–Crippen LogP) is 1.96. The van der Waals surface area contributed by atoms with Crippen LogP contribution in [0.25, 0.3) is 0 Å². The van der Waals surface area contributed by atoms with E-state index < -0.39 is 5.82 Å². The van der Waals surface area contributed by atoms with Crippen LogP contribution in [0.3, 0.4) is 0 Å². The molecule has 1 aliphatic heterocycles. The van der Waals surface area contributed by atoms with Crippen molar-refractivity contribution in [2.24, 2.45) is 11.8 Å². The van der Waals surface area contributed by atoms with Crippen molar-refractivity contribution < 1.29 is 14.3 Å². The summed E-state index contributed by atoms with van der Waals surface area (Å²) in [5.41, 5.74) is 0.459. The maximum absolute atomic E-state index is 13.1. The van der Waals surface area contributed by atoms with E-state index in [4.69, 9.17) is 0 Å². The molecule has 3 rings (SSSR count). The number of rotatable bonds is 1. The van der Waals surface area contributed by atoms with Crippen LogP contribution in [0.4, 0.5) is 4.39 Å². The van der Waals surface area contributed by atoms with E-state index in [9.17, 15) is 14.3 Å². The van der Waals surface area contributed by atoms with Crippen LogP contribution in [-0.2, 0) is 0 Å². The summed E-state index contributed by atoms with van der Waals surface area (Å²) < 4.78 is 13.1. The highest BCUT2D eigenvalue weighted by Gasteiger charge is 2.43. The number of carbonyl (C=O) groups is 1. The first-order valence-corrected chi connectivity index (χ1v) is 6.97. The molecule has 3 atom stereocenters. The lowest BCUT2D eigenvalue weighted by Gasteiger charge is -2.18. The van der Waals surface area contributed by atoms with E-state index in [0.29, 0.717) is 24.6 Å². The van der Waals surface area contributed by atoms with Crippen molar-refractivity contribution in [1.82, 2.24) is 4.90 Å². The van der Waals surface area contributed by atoms with Crippen molar-refractivity contribution in [3.05, 3.63) is 29.6 Å². The minimum atomic E-state index is -0.423. The van der Waals surface area contributed by atoms with Crippen molar-refractivity contribution in [3.8, 4) is 0 Å². The number of benzene rings is 1. The number of halogens is 1. The SMILES string of the molecule is O=C(c1ccc(F)c(S)c1)N1CC2CCC(O)C2C1. The molecule has 102 valence electrons. The highest BCUT2D eigenvalue weighted by Crippen LogP contribution is 2.38. The van der Waals surface area contributed by atoms with Crippen LogP contribution >= 0.6 is 12.6 Å². The molecule has 0 radical (unpaired) electrons. The fraction of sp³-hybridized carbons (Fsp3) is 0.500. The molecule has 0 spiro atoms. The first-order chi connectivity index (χ1) is 9.06. The molecule has 0 aromatic heterocycles. The lowest BCUT2D eigenvalue weighted by atomic mass is 10.00. The summed E-state index contributed by atoms with van der Waals surface area (Å²) in [6.07, 6.45) is 1.54. The predicted molar refractivity (Wildman–Crippen MR) is 71.8 cm³/mol. The first kappa shape index (κ1) is 12.9. The Hall–Kier alpha value is -1.07.